The van der Waals surface area contributed by atoms with Crippen LogP contribution in [0.2, 0.25) is 0 Å². The van der Waals surface area contributed by atoms with Gasteiger partial charge >= 0.3 is 0 Å². The molecule has 2 heterocycles. The molecule has 1 N–H and O–H groups in total. The van der Waals surface area contributed by atoms with Crippen LogP contribution in [-0.2, 0) is 5.54 Å². The molecule has 0 spiro atoms. The summed E-state index contributed by atoms with van der Waals surface area (Å²) in [5.41, 5.74) is -1.83. The van der Waals surface area contributed by atoms with E-state index in [1.54, 1.807) is 13.8 Å². The van der Waals surface area contributed by atoms with Crippen LogP contribution in [0.5, 0.6) is 5.75 Å². The largest absolute Gasteiger partial charge is 0.490 e. The van der Waals surface area contributed by atoms with Gasteiger partial charge in [-0.1, -0.05) is 18.2 Å². The van der Waals surface area contributed by atoms with Crippen LogP contribution in [0.3, 0.4) is 0 Å². The van der Waals surface area contributed by atoms with E-state index in [4.69, 9.17) is 4.74 Å². The number of nitrogens with one attached hydrogen (secondary N) is 1. The SMILES string of the molecule is COc1c(=O)n(C2(C#N)CC2)cc2c(N[C@H](C)c3cccc(C(F)F)c3F)nc(C)nc12. The summed E-state index contributed by atoms with van der Waals surface area (Å²) in [4.78, 5) is 21.7. The van der Waals surface area contributed by atoms with E-state index in [9.17, 15) is 23.2 Å². The van der Waals surface area contributed by atoms with E-state index in [0.29, 0.717) is 24.1 Å². The van der Waals surface area contributed by atoms with E-state index in [2.05, 4.69) is 21.4 Å². The Morgan fingerprint density at radius 3 is 2.56 bits per heavy atom. The maximum atomic E-state index is 14.7. The number of halogens is 3. The van der Waals surface area contributed by atoms with Gasteiger partial charge in [0.15, 0.2) is 0 Å². The van der Waals surface area contributed by atoms with Gasteiger partial charge < -0.3 is 10.1 Å². The second kappa shape index (κ2) is 7.82. The summed E-state index contributed by atoms with van der Waals surface area (Å²) in [7, 11) is 1.34. The molecule has 1 aromatic carbocycles. The molecule has 1 fully saturated rings. The van der Waals surface area contributed by atoms with Gasteiger partial charge in [0.1, 0.15) is 28.5 Å². The van der Waals surface area contributed by atoms with Gasteiger partial charge in [-0.25, -0.2) is 23.1 Å². The summed E-state index contributed by atoms with van der Waals surface area (Å²) >= 11 is 0. The van der Waals surface area contributed by atoms with Crippen LogP contribution in [0.25, 0.3) is 10.9 Å². The lowest BCUT2D eigenvalue weighted by atomic mass is 10.0. The highest BCUT2D eigenvalue weighted by Gasteiger charge is 2.46. The Labute approximate surface area is 181 Å². The molecule has 4 rings (SSSR count). The Bertz CT molecular complexity index is 1310. The molecular formula is C22H20F3N5O2. The number of rotatable bonds is 6. The number of ether oxygens (including phenoxy) is 1. The zero-order chi connectivity index (χ0) is 23.2. The lowest BCUT2D eigenvalue weighted by Gasteiger charge is -2.20. The topological polar surface area (TPSA) is 92.8 Å². The van der Waals surface area contributed by atoms with Crippen molar-refractivity contribution in [2.75, 3.05) is 12.4 Å². The van der Waals surface area contributed by atoms with E-state index in [0.717, 1.165) is 6.07 Å². The number of aromatic nitrogens is 3. The predicted octanol–water partition coefficient (Wildman–Crippen LogP) is 4.37. The lowest BCUT2D eigenvalue weighted by Crippen LogP contribution is -2.30. The van der Waals surface area contributed by atoms with Crippen molar-refractivity contribution in [3.8, 4) is 11.8 Å². The zero-order valence-corrected chi connectivity index (χ0v) is 17.6. The molecule has 3 aromatic rings. The molecular weight excluding hydrogens is 423 g/mol. The van der Waals surface area contributed by atoms with Crippen molar-refractivity contribution in [2.24, 2.45) is 0 Å². The Balaban J connectivity index is 1.87. The first-order chi connectivity index (χ1) is 15.2. The third-order valence-corrected chi connectivity index (χ3v) is 5.65. The van der Waals surface area contributed by atoms with Gasteiger partial charge in [0.25, 0.3) is 12.0 Å². The Morgan fingerprint density at radius 2 is 1.97 bits per heavy atom. The van der Waals surface area contributed by atoms with Gasteiger partial charge in [0, 0.05) is 11.8 Å². The molecule has 0 bridgehead atoms. The van der Waals surface area contributed by atoms with Crippen LogP contribution in [-0.4, -0.2) is 21.6 Å². The highest BCUT2D eigenvalue weighted by Crippen LogP contribution is 2.43. The molecule has 10 heteroatoms. The molecule has 0 unspecified atom stereocenters. The van der Waals surface area contributed by atoms with Crippen LogP contribution in [0.1, 0.15) is 49.2 Å². The normalized spacial score (nSPS) is 15.4. The zero-order valence-electron chi connectivity index (χ0n) is 17.6. The minimum atomic E-state index is -2.94. The molecule has 0 aliphatic heterocycles. The number of aryl methyl sites for hydroxylation is 1. The van der Waals surface area contributed by atoms with Crippen molar-refractivity contribution in [3.05, 3.63) is 57.5 Å². The monoisotopic (exact) mass is 443 g/mol. The Morgan fingerprint density at radius 1 is 1.28 bits per heavy atom. The molecule has 2 aromatic heterocycles. The fourth-order valence-corrected chi connectivity index (χ4v) is 3.77. The van der Waals surface area contributed by atoms with E-state index in [-0.39, 0.29) is 22.6 Å². The summed E-state index contributed by atoms with van der Waals surface area (Å²) in [5, 5.41) is 13.0. The second-order valence-corrected chi connectivity index (χ2v) is 7.78. The second-order valence-electron chi connectivity index (χ2n) is 7.78. The molecule has 0 amide bonds. The molecule has 1 aliphatic carbocycles. The fourth-order valence-electron chi connectivity index (χ4n) is 3.77. The molecule has 166 valence electrons. The third-order valence-electron chi connectivity index (χ3n) is 5.65. The molecule has 1 aliphatic rings. The van der Waals surface area contributed by atoms with Crippen molar-refractivity contribution in [2.45, 2.75) is 44.7 Å². The molecule has 1 atom stereocenters. The molecule has 7 nitrogen and oxygen atoms in total. The fraction of sp³-hybridized carbons (Fsp3) is 0.364. The van der Waals surface area contributed by atoms with E-state index in [1.807, 2.05) is 0 Å². The van der Waals surface area contributed by atoms with Crippen LogP contribution < -0.4 is 15.6 Å². The number of fused-ring (bicyclic) bond motifs is 1. The van der Waals surface area contributed by atoms with E-state index >= 15 is 0 Å². The van der Waals surface area contributed by atoms with Gasteiger partial charge in [-0.2, -0.15) is 5.26 Å². The minimum absolute atomic E-state index is 0.0314. The number of alkyl halides is 2. The number of hydrogen-bond acceptors (Lipinski definition) is 6. The predicted molar refractivity (Wildman–Crippen MR) is 111 cm³/mol. The summed E-state index contributed by atoms with van der Waals surface area (Å²) in [6.07, 6.45) is -0.397. The quantitative estimate of drug-likeness (QED) is 0.608. The van der Waals surface area contributed by atoms with Gasteiger partial charge in [-0.05, 0) is 26.7 Å². The Kier molecular flexibility index (Phi) is 5.28. The van der Waals surface area contributed by atoms with Gasteiger partial charge in [0.2, 0.25) is 5.75 Å². The van der Waals surface area contributed by atoms with Crippen molar-refractivity contribution in [3.63, 3.8) is 0 Å². The van der Waals surface area contributed by atoms with Gasteiger partial charge in [-0.15, -0.1) is 0 Å². The number of benzene rings is 1. The first-order valence-electron chi connectivity index (χ1n) is 9.95. The maximum Gasteiger partial charge on any atom is 0.296 e. The van der Waals surface area contributed by atoms with Crippen LogP contribution in [0.4, 0.5) is 19.0 Å². The van der Waals surface area contributed by atoms with Gasteiger partial charge in [-0.3, -0.25) is 9.36 Å². The number of nitrogens with zero attached hydrogens (tertiary/aromatic N) is 4. The van der Waals surface area contributed by atoms with E-state index < -0.39 is 34.9 Å². The standard InChI is InChI=1S/C22H20F3N5O2/c1-11(13-5-4-6-14(16(13)23)19(24)25)27-20-15-9-30(22(10-26)7-8-22)21(31)18(32-3)17(15)28-12(2)29-20/h4-6,9,11,19H,7-8H2,1-3H3,(H,27,28,29)/t11-/m1/s1. The minimum Gasteiger partial charge on any atom is -0.490 e. The van der Waals surface area contributed by atoms with Crippen molar-refractivity contribution in [1.82, 2.24) is 14.5 Å². The Hall–Kier alpha value is -3.61. The third kappa shape index (κ3) is 3.43. The first kappa shape index (κ1) is 21.6. The van der Waals surface area contributed by atoms with Crippen molar-refractivity contribution < 1.29 is 17.9 Å². The highest BCUT2D eigenvalue weighted by molar-refractivity contribution is 5.92. The summed E-state index contributed by atoms with van der Waals surface area (Å²) in [5.74, 6) is -0.432. The first-order valence-corrected chi connectivity index (χ1v) is 9.95. The number of methoxy groups -OCH3 is 1. The number of hydrogen-bond donors (Lipinski definition) is 1. The van der Waals surface area contributed by atoms with E-state index in [1.165, 1.54) is 30.0 Å². The summed E-state index contributed by atoms with van der Waals surface area (Å²) < 4.78 is 47.5. The highest BCUT2D eigenvalue weighted by atomic mass is 19.3. The summed E-state index contributed by atoms with van der Waals surface area (Å²) in [6.45, 7) is 3.23. The average Bonchev–Trinajstić information content (AvgIpc) is 3.54. The summed E-state index contributed by atoms with van der Waals surface area (Å²) in [6, 6.07) is 5.27. The average molecular weight is 443 g/mol. The van der Waals surface area contributed by atoms with Crippen LogP contribution in [0.15, 0.2) is 29.2 Å². The number of anilines is 1. The van der Waals surface area contributed by atoms with Crippen LogP contribution in [0, 0.1) is 24.1 Å². The van der Waals surface area contributed by atoms with Crippen molar-refractivity contribution >= 4 is 16.7 Å². The lowest BCUT2D eigenvalue weighted by molar-refractivity contribution is 0.146. The van der Waals surface area contributed by atoms with Gasteiger partial charge in [0.05, 0.1) is 30.2 Å². The molecule has 1 saturated carbocycles. The number of pyridine rings is 1. The maximum absolute atomic E-state index is 14.7. The van der Waals surface area contributed by atoms with Crippen molar-refractivity contribution in [1.29, 1.82) is 5.26 Å². The number of nitriles is 1. The molecule has 0 radical (unpaired) electrons. The molecule has 0 saturated heterocycles. The van der Waals surface area contributed by atoms with Crippen LogP contribution >= 0.6 is 0 Å². The smallest absolute Gasteiger partial charge is 0.296 e. The molecule has 32 heavy (non-hydrogen) atoms.